The van der Waals surface area contributed by atoms with Crippen molar-refractivity contribution >= 4 is 0 Å². The first-order valence-corrected chi connectivity index (χ1v) is 7.16. The fourth-order valence-corrected chi connectivity index (χ4v) is 2.53. The zero-order valence-electron chi connectivity index (χ0n) is 12.8. The molecule has 1 atom stereocenters. The molecule has 0 aliphatic rings. The standard InChI is InChI=1S/C17H24N2O/c1-13(19-12-15-6-5-9-18-11-15)10-17(3,4)16-8-7-14(2)20-16/h5-9,11,13,19H,10,12H2,1-4H3. The van der Waals surface area contributed by atoms with Crippen LogP contribution in [0.3, 0.4) is 0 Å². The third-order valence-electron chi connectivity index (χ3n) is 3.60. The molecule has 1 unspecified atom stereocenters. The minimum absolute atomic E-state index is 0.0373. The number of hydrogen-bond donors (Lipinski definition) is 1. The van der Waals surface area contributed by atoms with E-state index in [2.05, 4.69) is 43.2 Å². The van der Waals surface area contributed by atoms with E-state index >= 15 is 0 Å². The van der Waals surface area contributed by atoms with Gasteiger partial charge in [0.25, 0.3) is 0 Å². The number of furan rings is 1. The van der Waals surface area contributed by atoms with E-state index in [-0.39, 0.29) is 5.41 Å². The molecule has 2 aromatic rings. The lowest BCUT2D eigenvalue weighted by molar-refractivity contribution is 0.319. The molecule has 2 heterocycles. The lowest BCUT2D eigenvalue weighted by Crippen LogP contribution is -2.32. The van der Waals surface area contributed by atoms with Crippen LogP contribution in [-0.4, -0.2) is 11.0 Å². The Morgan fingerprint density at radius 1 is 1.30 bits per heavy atom. The van der Waals surface area contributed by atoms with Crippen LogP contribution in [0.4, 0.5) is 0 Å². The normalized spacial score (nSPS) is 13.4. The second kappa shape index (κ2) is 6.23. The van der Waals surface area contributed by atoms with E-state index in [0.29, 0.717) is 6.04 Å². The first-order chi connectivity index (χ1) is 9.47. The third kappa shape index (κ3) is 3.94. The summed E-state index contributed by atoms with van der Waals surface area (Å²) in [7, 11) is 0. The highest BCUT2D eigenvalue weighted by Crippen LogP contribution is 2.29. The van der Waals surface area contributed by atoms with Gasteiger partial charge in [0.2, 0.25) is 0 Å². The van der Waals surface area contributed by atoms with E-state index in [4.69, 9.17) is 4.42 Å². The molecule has 3 heteroatoms. The summed E-state index contributed by atoms with van der Waals surface area (Å²) < 4.78 is 5.77. The molecule has 0 fully saturated rings. The summed E-state index contributed by atoms with van der Waals surface area (Å²) in [5.74, 6) is 2.04. The van der Waals surface area contributed by atoms with Crippen molar-refractivity contribution in [3.8, 4) is 0 Å². The molecule has 20 heavy (non-hydrogen) atoms. The topological polar surface area (TPSA) is 38.1 Å². The maximum atomic E-state index is 5.77. The van der Waals surface area contributed by atoms with Crippen molar-refractivity contribution in [3.05, 3.63) is 53.7 Å². The van der Waals surface area contributed by atoms with Crippen LogP contribution in [0, 0.1) is 6.92 Å². The number of hydrogen-bond acceptors (Lipinski definition) is 3. The van der Waals surface area contributed by atoms with Crippen LogP contribution < -0.4 is 5.32 Å². The van der Waals surface area contributed by atoms with Gasteiger partial charge >= 0.3 is 0 Å². The van der Waals surface area contributed by atoms with Gasteiger partial charge < -0.3 is 9.73 Å². The Balaban J connectivity index is 1.89. The van der Waals surface area contributed by atoms with Gasteiger partial charge in [0.1, 0.15) is 11.5 Å². The number of aromatic nitrogens is 1. The largest absolute Gasteiger partial charge is 0.466 e. The summed E-state index contributed by atoms with van der Waals surface area (Å²) in [5.41, 5.74) is 1.25. The molecule has 0 aromatic carbocycles. The zero-order valence-corrected chi connectivity index (χ0v) is 12.8. The lowest BCUT2D eigenvalue weighted by Gasteiger charge is -2.26. The van der Waals surface area contributed by atoms with E-state index in [0.717, 1.165) is 24.5 Å². The monoisotopic (exact) mass is 272 g/mol. The van der Waals surface area contributed by atoms with E-state index in [1.54, 1.807) is 6.20 Å². The Morgan fingerprint density at radius 3 is 2.70 bits per heavy atom. The maximum Gasteiger partial charge on any atom is 0.109 e. The molecule has 0 radical (unpaired) electrons. The molecule has 0 bridgehead atoms. The molecule has 0 spiro atoms. The molecule has 0 saturated carbocycles. The molecule has 2 rings (SSSR count). The zero-order chi connectivity index (χ0) is 14.6. The Morgan fingerprint density at radius 2 is 2.10 bits per heavy atom. The van der Waals surface area contributed by atoms with Gasteiger partial charge in [0.05, 0.1) is 0 Å². The fourth-order valence-electron chi connectivity index (χ4n) is 2.53. The molecule has 0 aliphatic carbocycles. The minimum Gasteiger partial charge on any atom is -0.466 e. The summed E-state index contributed by atoms with van der Waals surface area (Å²) in [6.45, 7) is 9.51. The van der Waals surface area contributed by atoms with Crippen molar-refractivity contribution in [3.63, 3.8) is 0 Å². The van der Waals surface area contributed by atoms with Crippen LogP contribution in [0.1, 0.15) is 44.3 Å². The van der Waals surface area contributed by atoms with Crippen molar-refractivity contribution in [2.45, 2.75) is 52.1 Å². The first kappa shape index (κ1) is 14.8. The third-order valence-corrected chi connectivity index (χ3v) is 3.60. The predicted molar refractivity (Wildman–Crippen MR) is 81.6 cm³/mol. The molecule has 1 N–H and O–H groups in total. The van der Waals surface area contributed by atoms with Gasteiger partial charge in [-0.15, -0.1) is 0 Å². The molecule has 2 aromatic heterocycles. The van der Waals surface area contributed by atoms with Gasteiger partial charge in [-0.1, -0.05) is 19.9 Å². The van der Waals surface area contributed by atoms with Gasteiger partial charge in [-0.25, -0.2) is 0 Å². The van der Waals surface area contributed by atoms with Gasteiger partial charge in [0.15, 0.2) is 0 Å². The number of nitrogens with one attached hydrogen (secondary N) is 1. The molecule has 3 nitrogen and oxygen atoms in total. The SMILES string of the molecule is Cc1ccc(C(C)(C)CC(C)NCc2cccnc2)o1. The summed E-state index contributed by atoms with van der Waals surface area (Å²) in [5, 5.41) is 3.55. The van der Waals surface area contributed by atoms with Crippen LogP contribution in [0.2, 0.25) is 0 Å². The number of rotatable bonds is 6. The van der Waals surface area contributed by atoms with Crippen LogP contribution in [0.25, 0.3) is 0 Å². The van der Waals surface area contributed by atoms with Crippen LogP contribution in [0.5, 0.6) is 0 Å². The highest BCUT2D eigenvalue weighted by atomic mass is 16.3. The fraction of sp³-hybridized carbons (Fsp3) is 0.471. The Hall–Kier alpha value is -1.61. The van der Waals surface area contributed by atoms with Crippen LogP contribution in [0.15, 0.2) is 41.1 Å². The molecular formula is C17H24N2O. The van der Waals surface area contributed by atoms with Crippen LogP contribution in [-0.2, 0) is 12.0 Å². The molecule has 0 aliphatic heterocycles. The average Bonchev–Trinajstić information content (AvgIpc) is 2.85. The smallest absolute Gasteiger partial charge is 0.109 e. The predicted octanol–water partition coefficient (Wildman–Crippen LogP) is 3.83. The quantitative estimate of drug-likeness (QED) is 0.868. The summed E-state index contributed by atoms with van der Waals surface area (Å²) in [6, 6.07) is 8.59. The Bertz CT molecular complexity index is 531. The summed E-state index contributed by atoms with van der Waals surface area (Å²) in [4.78, 5) is 4.13. The van der Waals surface area contributed by atoms with Crippen molar-refractivity contribution in [1.29, 1.82) is 0 Å². The van der Waals surface area contributed by atoms with Gasteiger partial charge in [-0.2, -0.15) is 0 Å². The van der Waals surface area contributed by atoms with E-state index in [1.165, 1.54) is 5.56 Å². The van der Waals surface area contributed by atoms with Gasteiger partial charge in [0, 0.05) is 30.4 Å². The van der Waals surface area contributed by atoms with Crippen molar-refractivity contribution < 1.29 is 4.42 Å². The van der Waals surface area contributed by atoms with E-state index < -0.39 is 0 Å². The number of aryl methyl sites for hydroxylation is 1. The number of pyridine rings is 1. The van der Waals surface area contributed by atoms with E-state index in [1.807, 2.05) is 25.3 Å². The number of nitrogens with zero attached hydrogens (tertiary/aromatic N) is 1. The second-order valence-electron chi connectivity index (χ2n) is 6.14. The molecule has 0 saturated heterocycles. The van der Waals surface area contributed by atoms with Gasteiger partial charge in [-0.05, 0) is 44.0 Å². The highest BCUT2D eigenvalue weighted by molar-refractivity contribution is 5.15. The summed E-state index contributed by atoms with van der Waals surface area (Å²) in [6.07, 6.45) is 4.73. The first-order valence-electron chi connectivity index (χ1n) is 7.16. The average molecular weight is 272 g/mol. The van der Waals surface area contributed by atoms with Crippen molar-refractivity contribution in [1.82, 2.24) is 10.3 Å². The Kier molecular flexibility index (Phi) is 4.61. The highest BCUT2D eigenvalue weighted by Gasteiger charge is 2.26. The minimum atomic E-state index is 0.0373. The lowest BCUT2D eigenvalue weighted by atomic mass is 9.83. The molecular weight excluding hydrogens is 248 g/mol. The maximum absolute atomic E-state index is 5.77. The van der Waals surface area contributed by atoms with E-state index in [9.17, 15) is 0 Å². The van der Waals surface area contributed by atoms with Crippen molar-refractivity contribution in [2.24, 2.45) is 0 Å². The molecule has 0 amide bonds. The Labute approximate surface area is 121 Å². The van der Waals surface area contributed by atoms with Crippen LogP contribution >= 0.6 is 0 Å². The summed E-state index contributed by atoms with van der Waals surface area (Å²) >= 11 is 0. The van der Waals surface area contributed by atoms with Gasteiger partial charge in [-0.3, -0.25) is 4.98 Å². The molecule has 108 valence electrons. The van der Waals surface area contributed by atoms with Crippen molar-refractivity contribution in [2.75, 3.05) is 0 Å². The second-order valence-corrected chi connectivity index (χ2v) is 6.14.